The fourth-order valence-electron chi connectivity index (χ4n) is 2.15. The molecule has 2 aromatic carbocycles. The Bertz CT molecular complexity index is 984. The molecular weight excluding hydrogens is 399 g/mol. The molecule has 0 bridgehead atoms. The Morgan fingerprint density at radius 1 is 0.885 bits per heavy atom. The minimum absolute atomic E-state index is 0.0872. The molecule has 0 saturated heterocycles. The van der Waals surface area contributed by atoms with E-state index in [1.165, 1.54) is 24.3 Å². The molecule has 0 N–H and O–H groups in total. The van der Waals surface area contributed by atoms with Crippen LogP contribution in [0, 0.1) is 10.1 Å². The van der Waals surface area contributed by atoms with Gasteiger partial charge in [0, 0.05) is 28.6 Å². The monoisotopic (exact) mass is 408 g/mol. The Morgan fingerprint density at radius 3 is 1.92 bits per heavy atom. The Morgan fingerprint density at radius 2 is 1.42 bits per heavy atom. The van der Waals surface area contributed by atoms with Crippen LogP contribution in [0.25, 0.3) is 21.8 Å². The van der Waals surface area contributed by atoms with E-state index in [9.17, 15) is 29.5 Å². The summed E-state index contributed by atoms with van der Waals surface area (Å²) >= 11 is 1.12. The molecule has 0 aliphatic heterocycles. The van der Waals surface area contributed by atoms with E-state index in [2.05, 4.69) is 4.98 Å². The maximum absolute atomic E-state index is 12.7. The third kappa shape index (κ3) is 3.83. The predicted molar refractivity (Wildman–Crippen MR) is 91.0 cm³/mol. The van der Waals surface area contributed by atoms with Gasteiger partial charge in [-0.2, -0.15) is 0 Å². The summed E-state index contributed by atoms with van der Waals surface area (Å²) < 4.78 is 63.7. The van der Waals surface area contributed by atoms with E-state index in [1.807, 2.05) is 0 Å². The summed E-state index contributed by atoms with van der Waals surface area (Å²) in [6.07, 6.45) is 0. The molecule has 1 heterocycles. The number of nitro groups is 1. The van der Waals surface area contributed by atoms with Crippen molar-refractivity contribution in [2.45, 2.75) is 4.90 Å². The molecule has 3 rings (SSSR count). The van der Waals surface area contributed by atoms with Gasteiger partial charge in [-0.15, -0.1) is 11.3 Å². The van der Waals surface area contributed by atoms with Gasteiger partial charge in [-0.3, -0.25) is 10.1 Å². The van der Waals surface area contributed by atoms with Gasteiger partial charge in [0.25, 0.3) is 5.69 Å². The van der Waals surface area contributed by atoms with E-state index < -0.39 is 20.0 Å². The minimum atomic E-state index is -9.70. The molecule has 11 heteroatoms. The van der Waals surface area contributed by atoms with Crippen molar-refractivity contribution in [2.75, 3.05) is 0 Å². The predicted octanol–water partition coefficient (Wildman–Crippen LogP) is 7.04. The molecule has 4 nitrogen and oxygen atoms in total. The van der Waals surface area contributed by atoms with Gasteiger partial charge in [0.15, 0.2) is 0 Å². The molecular formula is C15H9F5N2O2S2. The lowest BCUT2D eigenvalue weighted by atomic mass is 10.1. The van der Waals surface area contributed by atoms with Gasteiger partial charge in [0.1, 0.15) is 9.90 Å². The second kappa shape index (κ2) is 5.24. The minimum Gasteiger partial charge on any atom is -0.258 e. The molecule has 0 fully saturated rings. The fourth-order valence-corrected chi connectivity index (χ4v) is 3.63. The average Bonchev–Trinajstić information content (AvgIpc) is 3.03. The Labute approximate surface area is 147 Å². The fraction of sp³-hybridized carbons (Fsp3) is 0. The lowest BCUT2D eigenvalue weighted by Crippen LogP contribution is -2.05. The number of thiazole rings is 1. The highest BCUT2D eigenvalue weighted by Gasteiger charge is 2.65. The number of aromatic nitrogens is 1. The van der Waals surface area contributed by atoms with Crippen LogP contribution in [0.4, 0.5) is 25.1 Å². The summed E-state index contributed by atoms with van der Waals surface area (Å²) in [4.78, 5) is 12.4. The number of hydrogen-bond donors (Lipinski definition) is 0. The normalized spacial score (nSPS) is 14.5. The molecule has 26 heavy (non-hydrogen) atoms. The summed E-state index contributed by atoms with van der Waals surface area (Å²) in [5.74, 6) is 0. The molecule has 0 atom stereocenters. The van der Waals surface area contributed by atoms with Gasteiger partial charge in [-0.25, -0.2) is 4.98 Å². The van der Waals surface area contributed by atoms with Gasteiger partial charge in [-0.1, -0.05) is 31.6 Å². The largest absolute Gasteiger partial charge is 0.310 e. The molecule has 0 radical (unpaired) electrons. The van der Waals surface area contributed by atoms with Crippen LogP contribution >= 0.6 is 21.6 Å². The molecule has 0 aliphatic carbocycles. The van der Waals surface area contributed by atoms with Crippen molar-refractivity contribution in [3.05, 3.63) is 64.0 Å². The SMILES string of the molecule is O=[N+]([O-])c1ccc(-c2csc(-c3ccc(S(F)(F)(F)(F)F)cc3)n2)cc1. The van der Waals surface area contributed by atoms with E-state index >= 15 is 0 Å². The van der Waals surface area contributed by atoms with Crippen LogP contribution in [-0.4, -0.2) is 9.91 Å². The van der Waals surface area contributed by atoms with E-state index in [-0.39, 0.29) is 11.3 Å². The van der Waals surface area contributed by atoms with Crippen molar-refractivity contribution >= 4 is 27.2 Å². The number of rotatable bonds is 4. The summed E-state index contributed by atoms with van der Waals surface area (Å²) in [6, 6.07) is 8.14. The van der Waals surface area contributed by atoms with E-state index in [1.54, 1.807) is 5.38 Å². The zero-order valence-corrected chi connectivity index (χ0v) is 14.2. The molecule has 138 valence electrons. The highest BCUT2D eigenvalue weighted by atomic mass is 32.5. The van der Waals surface area contributed by atoms with E-state index in [0.29, 0.717) is 28.4 Å². The molecule has 0 aliphatic rings. The van der Waals surface area contributed by atoms with E-state index in [4.69, 9.17) is 0 Å². The lowest BCUT2D eigenvalue weighted by Gasteiger charge is -2.40. The van der Waals surface area contributed by atoms with Crippen LogP contribution in [0.15, 0.2) is 58.8 Å². The van der Waals surface area contributed by atoms with Crippen LogP contribution in [0.3, 0.4) is 0 Å². The highest BCUT2D eigenvalue weighted by molar-refractivity contribution is 8.45. The average molecular weight is 408 g/mol. The molecule has 1 aromatic heterocycles. The van der Waals surface area contributed by atoms with Crippen molar-refractivity contribution in [1.29, 1.82) is 0 Å². The van der Waals surface area contributed by atoms with Crippen molar-refractivity contribution in [3.63, 3.8) is 0 Å². The maximum atomic E-state index is 12.7. The van der Waals surface area contributed by atoms with Crippen LogP contribution in [0.5, 0.6) is 0 Å². The number of non-ortho nitro benzene ring substituents is 1. The smallest absolute Gasteiger partial charge is 0.258 e. The van der Waals surface area contributed by atoms with Crippen LogP contribution in [0.1, 0.15) is 0 Å². The summed E-state index contributed by atoms with van der Waals surface area (Å²) in [6.45, 7) is 0. The Balaban J connectivity index is 1.90. The van der Waals surface area contributed by atoms with Crippen molar-refractivity contribution in [2.24, 2.45) is 0 Å². The molecule has 3 aromatic rings. The number of nitro benzene ring substituents is 1. The second-order valence-corrected chi connectivity index (χ2v) is 8.60. The number of nitrogens with zero attached hydrogens (tertiary/aromatic N) is 2. The topological polar surface area (TPSA) is 56.0 Å². The molecule has 0 spiro atoms. The first-order chi connectivity index (χ1) is 11.8. The quantitative estimate of drug-likeness (QED) is 0.264. The standard InChI is InChI=1S/C15H9F5N2O2S2/c16-26(17,18,19,20)13-7-3-11(4-8-13)15-21-14(9-25-15)10-1-5-12(6-2-10)22(23)24/h1-9H. The molecule has 0 saturated carbocycles. The highest BCUT2D eigenvalue weighted by Crippen LogP contribution is 3.02. The van der Waals surface area contributed by atoms with Crippen molar-refractivity contribution in [1.82, 2.24) is 4.98 Å². The van der Waals surface area contributed by atoms with Gasteiger partial charge in [0.2, 0.25) is 0 Å². The first kappa shape index (κ1) is 18.3. The van der Waals surface area contributed by atoms with E-state index in [0.717, 1.165) is 23.5 Å². The lowest BCUT2D eigenvalue weighted by molar-refractivity contribution is -0.384. The van der Waals surface area contributed by atoms with Crippen molar-refractivity contribution in [3.8, 4) is 21.8 Å². The Hall–Kier alpha value is -2.53. The number of hydrogen-bond acceptors (Lipinski definition) is 4. The van der Waals surface area contributed by atoms with Gasteiger partial charge in [-0.05, 0) is 24.3 Å². The van der Waals surface area contributed by atoms with Gasteiger partial charge in [0.05, 0.1) is 10.6 Å². The van der Waals surface area contributed by atoms with Crippen LogP contribution in [-0.2, 0) is 0 Å². The second-order valence-electron chi connectivity index (χ2n) is 5.34. The number of halogens is 5. The summed E-state index contributed by atoms with van der Waals surface area (Å²) in [5.41, 5.74) is 1.22. The van der Waals surface area contributed by atoms with Crippen LogP contribution in [0.2, 0.25) is 0 Å². The summed E-state index contributed by atoms with van der Waals surface area (Å²) in [5, 5.41) is 12.6. The van der Waals surface area contributed by atoms with Gasteiger partial charge >= 0.3 is 10.2 Å². The van der Waals surface area contributed by atoms with Crippen LogP contribution < -0.4 is 0 Å². The van der Waals surface area contributed by atoms with Crippen molar-refractivity contribution < 1.29 is 24.4 Å². The molecule has 0 amide bonds. The zero-order valence-electron chi connectivity index (χ0n) is 12.6. The third-order valence-corrected chi connectivity index (χ3v) is 5.48. The Kier molecular flexibility index (Phi) is 3.68. The zero-order chi connectivity index (χ0) is 19.2. The first-order valence-corrected chi connectivity index (χ1v) is 9.71. The van der Waals surface area contributed by atoms with Gasteiger partial charge < -0.3 is 0 Å². The first-order valence-electron chi connectivity index (χ1n) is 6.88. The maximum Gasteiger partial charge on any atom is 0.310 e. The molecule has 0 unspecified atom stereocenters. The summed E-state index contributed by atoms with van der Waals surface area (Å²) in [7, 11) is -9.70. The number of benzene rings is 2. The third-order valence-electron chi connectivity index (χ3n) is 3.42.